The Morgan fingerprint density at radius 1 is 1.19 bits per heavy atom. The van der Waals surface area contributed by atoms with Crippen molar-refractivity contribution >= 4 is 27.3 Å². The van der Waals surface area contributed by atoms with Crippen molar-refractivity contribution in [1.82, 2.24) is 9.21 Å². The average molecular weight is 475 g/mol. The Balaban J connectivity index is 1.51. The van der Waals surface area contributed by atoms with E-state index in [0.717, 1.165) is 4.88 Å². The molecule has 1 fully saturated rings. The lowest BCUT2D eigenvalue weighted by atomic mass is 9.98. The van der Waals surface area contributed by atoms with E-state index in [1.807, 2.05) is 23.6 Å². The highest BCUT2D eigenvalue weighted by Crippen LogP contribution is 2.27. The van der Waals surface area contributed by atoms with E-state index in [-0.39, 0.29) is 17.3 Å². The van der Waals surface area contributed by atoms with Gasteiger partial charge in [0.15, 0.2) is 0 Å². The van der Waals surface area contributed by atoms with Crippen LogP contribution in [0.1, 0.15) is 23.5 Å². The molecule has 1 amide bonds. The summed E-state index contributed by atoms with van der Waals surface area (Å²) in [5.74, 6) is 0.849. The third kappa shape index (κ3) is 5.06. The van der Waals surface area contributed by atoms with Crippen molar-refractivity contribution in [3.63, 3.8) is 0 Å². The van der Waals surface area contributed by atoms with E-state index in [2.05, 4.69) is 0 Å². The van der Waals surface area contributed by atoms with Gasteiger partial charge in [-0.15, -0.1) is 11.3 Å². The third-order valence-electron chi connectivity index (χ3n) is 5.60. The normalized spacial score (nSPS) is 17.2. The molecule has 3 heterocycles. The smallest absolute Gasteiger partial charge is 0.243 e. The number of thiophene rings is 1. The number of ether oxygens (including phenoxy) is 1. The van der Waals surface area contributed by atoms with Gasteiger partial charge in [0.1, 0.15) is 11.5 Å². The van der Waals surface area contributed by atoms with Crippen molar-refractivity contribution in [2.45, 2.75) is 30.8 Å². The molecule has 3 aromatic rings. The fraction of sp³-hybridized carbons (Fsp3) is 0.348. The Bertz CT molecular complexity index is 1070. The lowest BCUT2D eigenvalue weighted by Gasteiger charge is -2.34. The molecule has 9 heteroatoms. The first-order chi connectivity index (χ1) is 15.5. The van der Waals surface area contributed by atoms with Gasteiger partial charge in [0.05, 0.1) is 37.3 Å². The number of rotatable bonds is 8. The van der Waals surface area contributed by atoms with E-state index in [1.54, 1.807) is 52.8 Å². The standard InChI is InChI=1S/C23H26N2O5S2/c1-29-19-8-10-22(11-9-19)32(27,28)25-12-2-5-18(15-25)23(26)24(16-20-6-3-13-30-20)17-21-7-4-14-31-21/h3-4,6-11,13-14,18H,2,5,12,15-17H2,1H3. The Labute approximate surface area is 192 Å². The second-order valence-corrected chi connectivity index (χ2v) is 10.7. The fourth-order valence-electron chi connectivity index (χ4n) is 3.91. The molecule has 1 aromatic carbocycles. The van der Waals surface area contributed by atoms with Gasteiger partial charge in [0.25, 0.3) is 0 Å². The van der Waals surface area contributed by atoms with Crippen LogP contribution in [-0.4, -0.2) is 43.7 Å². The van der Waals surface area contributed by atoms with Gasteiger partial charge < -0.3 is 14.1 Å². The van der Waals surface area contributed by atoms with Gasteiger partial charge in [0, 0.05) is 18.0 Å². The molecule has 1 unspecified atom stereocenters. The Morgan fingerprint density at radius 2 is 2.00 bits per heavy atom. The van der Waals surface area contributed by atoms with E-state index in [4.69, 9.17) is 9.15 Å². The molecule has 2 aromatic heterocycles. The van der Waals surface area contributed by atoms with E-state index in [9.17, 15) is 13.2 Å². The fourth-order valence-corrected chi connectivity index (χ4v) is 6.15. The maximum atomic E-state index is 13.5. The molecule has 1 saturated heterocycles. The quantitative estimate of drug-likeness (QED) is 0.493. The summed E-state index contributed by atoms with van der Waals surface area (Å²) in [5, 5.41) is 1.98. The summed E-state index contributed by atoms with van der Waals surface area (Å²) in [4.78, 5) is 16.5. The number of benzene rings is 1. The number of sulfonamides is 1. The third-order valence-corrected chi connectivity index (χ3v) is 8.34. The molecular weight excluding hydrogens is 448 g/mol. The SMILES string of the molecule is COc1ccc(S(=O)(=O)N2CCCC(C(=O)N(Cc3ccco3)Cc3cccs3)C2)cc1. The molecule has 1 atom stereocenters. The summed E-state index contributed by atoms with van der Waals surface area (Å²) in [6, 6.07) is 13.9. The zero-order chi connectivity index (χ0) is 22.6. The van der Waals surface area contributed by atoms with Crippen LogP contribution >= 0.6 is 11.3 Å². The van der Waals surface area contributed by atoms with Gasteiger partial charge in [-0.2, -0.15) is 4.31 Å². The first-order valence-electron chi connectivity index (χ1n) is 10.4. The summed E-state index contributed by atoms with van der Waals surface area (Å²) < 4.78 is 38.4. The van der Waals surface area contributed by atoms with Crippen LogP contribution in [0.3, 0.4) is 0 Å². The maximum absolute atomic E-state index is 13.5. The van der Waals surface area contributed by atoms with Crippen LogP contribution in [0.4, 0.5) is 0 Å². The summed E-state index contributed by atoms with van der Waals surface area (Å²) in [6.07, 6.45) is 2.89. The van der Waals surface area contributed by atoms with Gasteiger partial charge >= 0.3 is 0 Å². The average Bonchev–Trinajstić information content (AvgIpc) is 3.53. The lowest BCUT2D eigenvalue weighted by molar-refractivity contribution is -0.138. The van der Waals surface area contributed by atoms with Gasteiger partial charge in [0.2, 0.25) is 15.9 Å². The Morgan fingerprint density at radius 3 is 2.66 bits per heavy atom. The Kier molecular flexibility index (Phi) is 6.98. The molecule has 0 N–H and O–H groups in total. The largest absolute Gasteiger partial charge is 0.497 e. The first kappa shape index (κ1) is 22.6. The van der Waals surface area contributed by atoms with Crippen LogP contribution in [0, 0.1) is 5.92 Å². The van der Waals surface area contributed by atoms with Gasteiger partial charge in [-0.1, -0.05) is 6.07 Å². The number of carbonyl (C=O) groups excluding carboxylic acids is 1. The molecule has 0 spiro atoms. The maximum Gasteiger partial charge on any atom is 0.243 e. The zero-order valence-electron chi connectivity index (χ0n) is 17.8. The van der Waals surface area contributed by atoms with E-state index in [1.165, 1.54) is 11.4 Å². The van der Waals surface area contributed by atoms with E-state index >= 15 is 0 Å². The van der Waals surface area contributed by atoms with E-state index < -0.39 is 15.9 Å². The van der Waals surface area contributed by atoms with Crippen LogP contribution in [0.5, 0.6) is 5.75 Å². The molecule has 32 heavy (non-hydrogen) atoms. The number of methoxy groups -OCH3 is 1. The number of furan rings is 1. The van der Waals surface area contributed by atoms with Gasteiger partial charge in [-0.05, 0) is 60.7 Å². The number of carbonyl (C=O) groups is 1. The minimum absolute atomic E-state index is 0.0515. The molecule has 4 rings (SSSR count). The topological polar surface area (TPSA) is 80.1 Å². The molecule has 7 nitrogen and oxygen atoms in total. The van der Waals surface area contributed by atoms with E-state index in [0.29, 0.717) is 44.0 Å². The van der Waals surface area contributed by atoms with Crippen molar-refractivity contribution < 1.29 is 22.4 Å². The molecule has 0 aliphatic carbocycles. The summed E-state index contributed by atoms with van der Waals surface area (Å²) in [7, 11) is -2.15. The predicted molar refractivity (Wildman–Crippen MR) is 122 cm³/mol. The summed E-state index contributed by atoms with van der Waals surface area (Å²) >= 11 is 1.59. The number of piperidine rings is 1. The summed E-state index contributed by atoms with van der Waals surface area (Å²) in [5.41, 5.74) is 0. The monoisotopic (exact) mass is 474 g/mol. The van der Waals surface area contributed by atoms with Crippen LogP contribution in [0.25, 0.3) is 0 Å². The minimum Gasteiger partial charge on any atom is -0.497 e. The minimum atomic E-state index is -3.69. The highest BCUT2D eigenvalue weighted by molar-refractivity contribution is 7.89. The van der Waals surface area contributed by atoms with Gasteiger partial charge in [-0.3, -0.25) is 4.79 Å². The molecule has 0 bridgehead atoms. The molecule has 1 aliphatic heterocycles. The number of hydrogen-bond donors (Lipinski definition) is 0. The van der Waals surface area contributed by atoms with Crippen LogP contribution in [0.15, 0.2) is 69.5 Å². The number of hydrogen-bond acceptors (Lipinski definition) is 6. The van der Waals surface area contributed by atoms with Crippen molar-refractivity contribution in [2.75, 3.05) is 20.2 Å². The zero-order valence-corrected chi connectivity index (χ0v) is 19.5. The summed E-state index contributed by atoms with van der Waals surface area (Å²) in [6.45, 7) is 1.40. The highest BCUT2D eigenvalue weighted by atomic mass is 32.2. The van der Waals surface area contributed by atoms with Crippen molar-refractivity contribution in [3.05, 3.63) is 70.8 Å². The van der Waals surface area contributed by atoms with Crippen molar-refractivity contribution in [1.29, 1.82) is 0 Å². The number of nitrogens with zero attached hydrogens (tertiary/aromatic N) is 2. The van der Waals surface area contributed by atoms with Crippen molar-refractivity contribution in [3.8, 4) is 5.75 Å². The van der Waals surface area contributed by atoms with Crippen LogP contribution in [0.2, 0.25) is 0 Å². The molecule has 1 aliphatic rings. The first-order valence-corrected chi connectivity index (χ1v) is 12.8. The molecular formula is C23H26N2O5S2. The van der Waals surface area contributed by atoms with Crippen LogP contribution in [-0.2, 0) is 27.9 Å². The molecule has 0 radical (unpaired) electrons. The Hall–Kier alpha value is -2.62. The number of amides is 1. The molecule has 0 saturated carbocycles. The highest BCUT2D eigenvalue weighted by Gasteiger charge is 2.35. The van der Waals surface area contributed by atoms with Crippen LogP contribution < -0.4 is 4.74 Å². The molecule has 170 valence electrons. The van der Waals surface area contributed by atoms with Crippen molar-refractivity contribution in [2.24, 2.45) is 5.92 Å². The predicted octanol–water partition coefficient (Wildman–Crippen LogP) is 3.98. The second kappa shape index (κ2) is 9.89. The van der Waals surface area contributed by atoms with Gasteiger partial charge in [-0.25, -0.2) is 8.42 Å². The lowest BCUT2D eigenvalue weighted by Crippen LogP contribution is -2.46. The second-order valence-electron chi connectivity index (χ2n) is 7.73.